The number of amides is 1. The quantitative estimate of drug-likeness (QED) is 0.676. The molecule has 2 saturated heterocycles. The fourth-order valence-corrected chi connectivity index (χ4v) is 4.35. The first kappa shape index (κ1) is 23.9. The van der Waals surface area contributed by atoms with E-state index in [9.17, 15) is 4.79 Å². The summed E-state index contributed by atoms with van der Waals surface area (Å²) in [6.07, 6.45) is 2.98. The molecule has 9 heteroatoms. The van der Waals surface area contributed by atoms with Gasteiger partial charge in [0.2, 0.25) is 0 Å². The van der Waals surface area contributed by atoms with Crippen LogP contribution in [0.3, 0.4) is 0 Å². The van der Waals surface area contributed by atoms with Crippen LogP contribution in [0, 0.1) is 5.82 Å². The molecule has 2 fully saturated rings. The molecule has 3 aliphatic rings. The van der Waals surface area contributed by atoms with Gasteiger partial charge in [-0.2, -0.15) is 0 Å². The number of likely N-dealkylation sites (tertiary alicyclic amines) is 1. The first-order chi connectivity index (χ1) is 15.3. The van der Waals surface area contributed by atoms with Crippen molar-refractivity contribution < 1.29 is 23.2 Å². The molecule has 7 nitrogen and oxygen atoms in total. The molecule has 1 aromatic rings. The SMILES string of the molecule is CC(C)(C)OC(=O)N1CCC[C@H]1C1NC=C(c2ccc(B3OC(C)(C)C(C)(C)O3)cc2F)N1. The summed E-state index contributed by atoms with van der Waals surface area (Å²) in [4.78, 5) is 14.4. The Balaban J connectivity index is 1.44. The molecule has 33 heavy (non-hydrogen) atoms. The largest absolute Gasteiger partial charge is 0.494 e. The molecular formula is C24H35BFN3O4. The minimum absolute atomic E-state index is 0.0827. The Morgan fingerprint density at radius 2 is 1.88 bits per heavy atom. The van der Waals surface area contributed by atoms with Crippen LogP contribution in [-0.4, -0.2) is 53.7 Å². The molecule has 1 aromatic carbocycles. The van der Waals surface area contributed by atoms with E-state index in [0.717, 1.165) is 12.8 Å². The van der Waals surface area contributed by atoms with E-state index < -0.39 is 23.9 Å². The van der Waals surface area contributed by atoms with Crippen molar-refractivity contribution in [3.05, 3.63) is 35.8 Å². The zero-order valence-corrected chi connectivity index (χ0v) is 20.6. The summed E-state index contributed by atoms with van der Waals surface area (Å²) in [5, 5.41) is 6.63. The van der Waals surface area contributed by atoms with Crippen molar-refractivity contribution in [1.82, 2.24) is 15.5 Å². The Labute approximate surface area is 196 Å². The minimum atomic E-state index is -0.615. The molecule has 0 spiro atoms. The summed E-state index contributed by atoms with van der Waals surface area (Å²) in [7, 11) is -0.615. The van der Waals surface area contributed by atoms with E-state index in [1.165, 1.54) is 6.07 Å². The molecule has 1 amide bonds. The predicted molar refractivity (Wildman–Crippen MR) is 126 cm³/mol. The number of carbonyl (C=O) groups is 1. The van der Waals surface area contributed by atoms with Gasteiger partial charge < -0.3 is 29.6 Å². The van der Waals surface area contributed by atoms with E-state index in [1.54, 1.807) is 17.2 Å². The third-order valence-electron chi connectivity index (χ3n) is 6.84. The normalized spacial score (nSPS) is 26.1. The van der Waals surface area contributed by atoms with E-state index in [1.807, 2.05) is 54.5 Å². The second-order valence-electron chi connectivity index (χ2n) is 11.1. The van der Waals surface area contributed by atoms with Crippen LogP contribution in [0.4, 0.5) is 9.18 Å². The highest BCUT2D eigenvalue weighted by Gasteiger charge is 2.51. The van der Waals surface area contributed by atoms with Crippen LogP contribution in [0.25, 0.3) is 5.70 Å². The molecule has 180 valence electrons. The maximum absolute atomic E-state index is 15.1. The van der Waals surface area contributed by atoms with E-state index >= 15 is 4.39 Å². The van der Waals surface area contributed by atoms with Gasteiger partial charge in [-0.1, -0.05) is 12.1 Å². The van der Waals surface area contributed by atoms with Gasteiger partial charge in [0, 0.05) is 18.3 Å². The highest BCUT2D eigenvalue weighted by molar-refractivity contribution is 6.62. The number of halogens is 1. The standard InChI is InChI=1S/C24H35BFN3O4/c1-22(2,3)31-21(30)29-12-8-9-19(29)20-27-14-18(28-20)16-11-10-15(13-17(16)26)25-32-23(4,5)24(6,7)33-25/h10-11,13-14,19-20,27-28H,8-9,12H2,1-7H3/t19-,20?/m0/s1. The molecule has 0 bridgehead atoms. The van der Waals surface area contributed by atoms with Crippen molar-refractivity contribution in [3.8, 4) is 0 Å². The second-order valence-corrected chi connectivity index (χ2v) is 11.1. The van der Waals surface area contributed by atoms with Gasteiger partial charge in [-0.25, -0.2) is 9.18 Å². The second kappa shape index (κ2) is 8.20. The monoisotopic (exact) mass is 459 g/mol. The third-order valence-corrected chi connectivity index (χ3v) is 6.84. The van der Waals surface area contributed by atoms with Gasteiger partial charge in [-0.05, 0) is 72.8 Å². The van der Waals surface area contributed by atoms with Gasteiger partial charge >= 0.3 is 13.2 Å². The molecule has 2 atom stereocenters. The Morgan fingerprint density at radius 1 is 1.21 bits per heavy atom. The molecule has 0 aliphatic carbocycles. The van der Waals surface area contributed by atoms with Gasteiger partial charge in [0.15, 0.2) is 0 Å². The summed E-state index contributed by atoms with van der Waals surface area (Å²) in [6, 6.07) is 4.95. The smallest absolute Gasteiger partial charge is 0.444 e. The number of ether oxygens (including phenoxy) is 1. The first-order valence-electron chi connectivity index (χ1n) is 11.7. The number of nitrogens with zero attached hydrogens (tertiary/aromatic N) is 1. The van der Waals surface area contributed by atoms with Gasteiger partial charge in [0.05, 0.1) is 22.9 Å². The molecule has 4 rings (SSSR count). The van der Waals surface area contributed by atoms with Gasteiger partial charge in [0.25, 0.3) is 0 Å². The molecule has 1 unspecified atom stereocenters. The van der Waals surface area contributed by atoms with Gasteiger partial charge in [0.1, 0.15) is 17.6 Å². The Hall–Kier alpha value is -2.26. The number of benzene rings is 1. The zero-order valence-electron chi connectivity index (χ0n) is 20.6. The van der Waals surface area contributed by atoms with Gasteiger partial charge in [-0.15, -0.1) is 0 Å². The van der Waals surface area contributed by atoms with Crippen LogP contribution in [0.1, 0.15) is 66.9 Å². The molecule has 3 heterocycles. The summed E-state index contributed by atoms with van der Waals surface area (Å²) in [5.41, 5.74) is 0.222. The average Bonchev–Trinajstić information content (AvgIpc) is 3.38. The summed E-state index contributed by atoms with van der Waals surface area (Å²) in [5.74, 6) is -0.362. The predicted octanol–water partition coefficient (Wildman–Crippen LogP) is 3.34. The Bertz CT molecular complexity index is 944. The Morgan fingerprint density at radius 3 is 2.48 bits per heavy atom. The van der Waals surface area contributed by atoms with Crippen molar-refractivity contribution in [3.63, 3.8) is 0 Å². The molecular weight excluding hydrogens is 424 g/mol. The van der Waals surface area contributed by atoms with Gasteiger partial charge in [-0.3, -0.25) is 0 Å². The first-order valence-corrected chi connectivity index (χ1v) is 11.7. The zero-order chi connectivity index (χ0) is 24.2. The molecule has 0 radical (unpaired) electrons. The van der Waals surface area contributed by atoms with Crippen molar-refractivity contribution in [1.29, 1.82) is 0 Å². The summed E-state index contributed by atoms with van der Waals surface area (Å²) >= 11 is 0. The highest BCUT2D eigenvalue weighted by atomic mass is 19.1. The fourth-order valence-electron chi connectivity index (χ4n) is 4.35. The number of nitrogens with one attached hydrogen (secondary N) is 2. The number of carbonyl (C=O) groups excluding carboxylic acids is 1. The van der Waals surface area contributed by atoms with Crippen molar-refractivity contribution in [2.24, 2.45) is 0 Å². The highest BCUT2D eigenvalue weighted by Crippen LogP contribution is 2.36. The lowest BCUT2D eigenvalue weighted by Gasteiger charge is -2.32. The molecule has 2 N–H and O–H groups in total. The van der Waals surface area contributed by atoms with Crippen LogP contribution < -0.4 is 16.1 Å². The maximum atomic E-state index is 15.1. The van der Waals surface area contributed by atoms with Crippen molar-refractivity contribution >= 4 is 24.4 Å². The van der Waals surface area contributed by atoms with Crippen LogP contribution in [0.5, 0.6) is 0 Å². The third kappa shape index (κ3) is 4.71. The van der Waals surface area contributed by atoms with Crippen LogP contribution >= 0.6 is 0 Å². The number of rotatable bonds is 3. The number of hydrogen-bond acceptors (Lipinski definition) is 6. The Kier molecular flexibility index (Phi) is 5.94. The van der Waals surface area contributed by atoms with E-state index in [4.69, 9.17) is 14.0 Å². The molecule has 0 saturated carbocycles. The average molecular weight is 459 g/mol. The number of hydrogen-bond donors (Lipinski definition) is 2. The minimum Gasteiger partial charge on any atom is -0.444 e. The van der Waals surface area contributed by atoms with Crippen molar-refractivity contribution in [2.45, 2.75) is 90.3 Å². The van der Waals surface area contributed by atoms with E-state index in [-0.39, 0.29) is 24.1 Å². The lowest BCUT2D eigenvalue weighted by atomic mass is 9.78. The lowest BCUT2D eigenvalue weighted by Crippen LogP contribution is -2.52. The van der Waals surface area contributed by atoms with E-state index in [0.29, 0.717) is 23.3 Å². The summed E-state index contributed by atoms with van der Waals surface area (Å²) in [6.45, 7) is 14.1. The molecule has 0 aromatic heterocycles. The maximum Gasteiger partial charge on any atom is 0.494 e. The topological polar surface area (TPSA) is 72.1 Å². The summed E-state index contributed by atoms with van der Waals surface area (Å²) < 4.78 is 32.8. The van der Waals surface area contributed by atoms with E-state index in [2.05, 4.69) is 10.6 Å². The van der Waals surface area contributed by atoms with Crippen LogP contribution in [-0.2, 0) is 14.0 Å². The van der Waals surface area contributed by atoms with Crippen molar-refractivity contribution in [2.75, 3.05) is 6.54 Å². The molecule has 3 aliphatic heterocycles. The van der Waals surface area contributed by atoms with Crippen LogP contribution in [0.15, 0.2) is 24.4 Å². The fraction of sp³-hybridized carbons (Fsp3) is 0.625. The van der Waals surface area contributed by atoms with Crippen LogP contribution in [0.2, 0.25) is 0 Å². The lowest BCUT2D eigenvalue weighted by molar-refractivity contribution is 0.00578.